The van der Waals surface area contributed by atoms with E-state index in [2.05, 4.69) is 16.0 Å². The first-order valence-corrected chi connectivity index (χ1v) is 6.54. The van der Waals surface area contributed by atoms with Crippen molar-refractivity contribution >= 4 is 17.5 Å². The maximum absolute atomic E-state index is 11.7. The van der Waals surface area contributed by atoms with Crippen LogP contribution in [0, 0.1) is 0 Å². The van der Waals surface area contributed by atoms with E-state index in [-0.39, 0.29) is 18.4 Å². The van der Waals surface area contributed by atoms with Gasteiger partial charge in [-0.25, -0.2) is 0 Å². The van der Waals surface area contributed by atoms with E-state index < -0.39 is 0 Å². The van der Waals surface area contributed by atoms with Crippen LogP contribution in [-0.4, -0.2) is 25.4 Å². The van der Waals surface area contributed by atoms with Gasteiger partial charge in [-0.1, -0.05) is 0 Å². The topological polar surface area (TPSA) is 83.4 Å². The molecule has 0 bridgehead atoms. The Kier molecular flexibility index (Phi) is 5.11. The van der Waals surface area contributed by atoms with E-state index in [9.17, 15) is 9.59 Å². The predicted molar refractivity (Wildman–Crippen MR) is 78.9 cm³/mol. The molecule has 1 aromatic carbocycles. The van der Waals surface area contributed by atoms with Crippen LogP contribution in [0.15, 0.2) is 47.1 Å². The van der Waals surface area contributed by atoms with Gasteiger partial charge in [0.25, 0.3) is 5.91 Å². The average molecular weight is 287 g/mol. The largest absolute Gasteiger partial charge is 0.468 e. The standard InChI is InChI=1S/C15H17N3O3/c1-16-15(20)11-4-6-12(7-5-11)18-14(19)10-17-9-13-3-2-8-21-13/h2-8,17H,9-10H2,1H3,(H,16,20)(H,18,19). The summed E-state index contributed by atoms with van der Waals surface area (Å²) in [7, 11) is 1.57. The van der Waals surface area contributed by atoms with E-state index in [1.165, 1.54) is 0 Å². The molecule has 2 aromatic rings. The van der Waals surface area contributed by atoms with Crippen LogP contribution in [0.5, 0.6) is 0 Å². The van der Waals surface area contributed by atoms with Gasteiger partial charge < -0.3 is 20.4 Å². The molecule has 0 radical (unpaired) electrons. The van der Waals surface area contributed by atoms with E-state index in [4.69, 9.17) is 4.42 Å². The number of carbonyl (C=O) groups is 2. The number of carbonyl (C=O) groups excluding carboxylic acids is 2. The van der Waals surface area contributed by atoms with Gasteiger partial charge in [-0.3, -0.25) is 9.59 Å². The van der Waals surface area contributed by atoms with Crippen LogP contribution in [0.3, 0.4) is 0 Å². The molecular formula is C15H17N3O3. The molecule has 6 heteroatoms. The zero-order chi connectivity index (χ0) is 15.1. The maximum atomic E-state index is 11.7. The first kappa shape index (κ1) is 14.8. The Balaban J connectivity index is 1.78. The van der Waals surface area contributed by atoms with Gasteiger partial charge in [0, 0.05) is 18.3 Å². The van der Waals surface area contributed by atoms with Crippen molar-refractivity contribution in [1.82, 2.24) is 10.6 Å². The third-order valence-electron chi connectivity index (χ3n) is 2.82. The van der Waals surface area contributed by atoms with E-state index in [1.54, 1.807) is 43.6 Å². The SMILES string of the molecule is CNC(=O)c1ccc(NC(=O)CNCc2ccco2)cc1. The molecule has 21 heavy (non-hydrogen) atoms. The fourth-order valence-corrected chi connectivity index (χ4v) is 1.77. The summed E-state index contributed by atoms with van der Waals surface area (Å²) in [4.78, 5) is 23.1. The van der Waals surface area contributed by atoms with Crippen LogP contribution in [-0.2, 0) is 11.3 Å². The molecule has 3 N–H and O–H groups in total. The van der Waals surface area contributed by atoms with Gasteiger partial charge in [0.2, 0.25) is 5.91 Å². The zero-order valence-electron chi connectivity index (χ0n) is 11.7. The number of hydrogen-bond acceptors (Lipinski definition) is 4. The molecule has 2 amide bonds. The predicted octanol–water partition coefficient (Wildman–Crippen LogP) is 1.37. The number of anilines is 1. The van der Waals surface area contributed by atoms with Crippen molar-refractivity contribution in [3.05, 3.63) is 54.0 Å². The first-order valence-electron chi connectivity index (χ1n) is 6.54. The Bertz CT molecular complexity index is 591. The molecule has 0 unspecified atom stereocenters. The first-order chi connectivity index (χ1) is 10.2. The number of benzene rings is 1. The minimum absolute atomic E-state index is 0.158. The molecule has 1 aromatic heterocycles. The molecule has 0 aliphatic rings. The van der Waals surface area contributed by atoms with E-state index in [0.717, 1.165) is 5.76 Å². The Hall–Kier alpha value is -2.60. The van der Waals surface area contributed by atoms with Crippen LogP contribution >= 0.6 is 0 Å². The lowest BCUT2D eigenvalue weighted by atomic mass is 10.2. The lowest BCUT2D eigenvalue weighted by molar-refractivity contribution is -0.115. The highest BCUT2D eigenvalue weighted by Gasteiger charge is 2.05. The molecule has 1 heterocycles. The summed E-state index contributed by atoms with van der Waals surface area (Å²) in [6.07, 6.45) is 1.59. The lowest BCUT2D eigenvalue weighted by Gasteiger charge is -2.07. The normalized spacial score (nSPS) is 10.1. The molecule has 0 fully saturated rings. The Morgan fingerprint density at radius 3 is 2.52 bits per heavy atom. The second-order valence-corrected chi connectivity index (χ2v) is 4.39. The van der Waals surface area contributed by atoms with Crippen LogP contribution in [0.1, 0.15) is 16.1 Å². The highest BCUT2D eigenvalue weighted by atomic mass is 16.3. The van der Waals surface area contributed by atoms with Gasteiger partial charge in [0.1, 0.15) is 5.76 Å². The zero-order valence-corrected chi connectivity index (χ0v) is 11.7. The third-order valence-corrected chi connectivity index (χ3v) is 2.82. The molecule has 0 saturated carbocycles. The van der Waals surface area contributed by atoms with E-state index in [0.29, 0.717) is 17.8 Å². The molecule has 0 aliphatic carbocycles. The summed E-state index contributed by atoms with van der Waals surface area (Å²) in [6.45, 7) is 0.675. The van der Waals surface area contributed by atoms with Gasteiger partial charge in [-0.2, -0.15) is 0 Å². The number of furan rings is 1. The van der Waals surface area contributed by atoms with Crippen molar-refractivity contribution in [2.75, 3.05) is 18.9 Å². The summed E-state index contributed by atoms with van der Waals surface area (Å²) in [5.74, 6) is 0.458. The van der Waals surface area contributed by atoms with Crippen LogP contribution in [0.25, 0.3) is 0 Å². The fourth-order valence-electron chi connectivity index (χ4n) is 1.77. The summed E-state index contributed by atoms with van der Waals surface area (Å²) in [5.41, 5.74) is 1.19. The van der Waals surface area contributed by atoms with E-state index >= 15 is 0 Å². The van der Waals surface area contributed by atoms with Crippen LogP contribution < -0.4 is 16.0 Å². The number of amides is 2. The maximum Gasteiger partial charge on any atom is 0.251 e. The minimum atomic E-state index is -0.159. The highest BCUT2D eigenvalue weighted by Crippen LogP contribution is 2.09. The molecule has 2 rings (SSSR count). The Labute approximate surface area is 122 Å². The van der Waals surface area contributed by atoms with E-state index in [1.807, 2.05) is 6.07 Å². The van der Waals surface area contributed by atoms with Crippen molar-refractivity contribution in [1.29, 1.82) is 0 Å². The molecule has 0 atom stereocenters. The minimum Gasteiger partial charge on any atom is -0.468 e. The van der Waals surface area contributed by atoms with Crippen molar-refractivity contribution < 1.29 is 14.0 Å². The molecule has 6 nitrogen and oxygen atoms in total. The third kappa shape index (κ3) is 4.47. The van der Waals surface area contributed by atoms with Gasteiger partial charge in [-0.05, 0) is 36.4 Å². The molecule has 0 spiro atoms. The molecule has 0 aliphatic heterocycles. The average Bonchev–Trinajstić information content (AvgIpc) is 3.00. The fraction of sp³-hybridized carbons (Fsp3) is 0.200. The van der Waals surface area contributed by atoms with Crippen molar-refractivity contribution in [3.63, 3.8) is 0 Å². The monoisotopic (exact) mass is 287 g/mol. The van der Waals surface area contributed by atoms with Gasteiger partial charge in [0.15, 0.2) is 0 Å². The van der Waals surface area contributed by atoms with Gasteiger partial charge in [-0.15, -0.1) is 0 Å². The Morgan fingerprint density at radius 2 is 1.90 bits per heavy atom. The van der Waals surface area contributed by atoms with Crippen molar-refractivity contribution in [2.24, 2.45) is 0 Å². The van der Waals surface area contributed by atoms with Crippen molar-refractivity contribution in [2.45, 2.75) is 6.54 Å². The lowest BCUT2D eigenvalue weighted by Crippen LogP contribution is -2.27. The quantitative estimate of drug-likeness (QED) is 0.749. The summed E-state index contributed by atoms with van der Waals surface area (Å²) >= 11 is 0. The number of rotatable bonds is 6. The second-order valence-electron chi connectivity index (χ2n) is 4.39. The smallest absolute Gasteiger partial charge is 0.251 e. The second kappa shape index (κ2) is 7.25. The molecule has 0 saturated heterocycles. The number of hydrogen-bond donors (Lipinski definition) is 3. The van der Waals surface area contributed by atoms with Gasteiger partial charge in [0.05, 0.1) is 19.4 Å². The van der Waals surface area contributed by atoms with Crippen LogP contribution in [0.2, 0.25) is 0 Å². The highest BCUT2D eigenvalue weighted by molar-refractivity contribution is 5.96. The summed E-state index contributed by atoms with van der Waals surface area (Å²) in [5, 5.41) is 8.26. The molecular weight excluding hydrogens is 270 g/mol. The van der Waals surface area contributed by atoms with Crippen molar-refractivity contribution in [3.8, 4) is 0 Å². The number of nitrogens with one attached hydrogen (secondary N) is 3. The van der Waals surface area contributed by atoms with Gasteiger partial charge >= 0.3 is 0 Å². The Morgan fingerprint density at radius 1 is 1.14 bits per heavy atom. The summed E-state index contributed by atoms with van der Waals surface area (Å²) < 4.78 is 5.15. The summed E-state index contributed by atoms with van der Waals surface area (Å²) in [6, 6.07) is 10.3. The van der Waals surface area contributed by atoms with Crippen LogP contribution in [0.4, 0.5) is 5.69 Å². The molecule has 110 valence electrons.